The SMILES string of the molecule is O=C1CNC(=O)NCC(=O)NCc2ccc(cc2)CNC(=O)CNC(=O)NCC(=O)NCc2ccc(cc2)CN1. The molecule has 0 atom stereocenters. The maximum absolute atomic E-state index is 12.0. The van der Waals surface area contributed by atoms with E-state index in [0.29, 0.717) is 0 Å². The van der Waals surface area contributed by atoms with E-state index < -0.39 is 35.7 Å². The molecule has 0 aliphatic carbocycles. The van der Waals surface area contributed by atoms with E-state index in [1.165, 1.54) is 0 Å². The van der Waals surface area contributed by atoms with Crippen molar-refractivity contribution in [2.24, 2.45) is 0 Å². The summed E-state index contributed by atoms with van der Waals surface area (Å²) in [5.74, 6) is -1.63. The molecule has 40 heavy (non-hydrogen) atoms. The molecule has 2 aromatic carbocycles. The topological polar surface area (TPSA) is 199 Å². The lowest BCUT2D eigenvalue weighted by Crippen LogP contribution is -2.45. The van der Waals surface area contributed by atoms with Crippen LogP contribution in [0.1, 0.15) is 22.3 Å². The normalized spacial score (nSPS) is 17.1. The number of carbonyl (C=O) groups is 6. The van der Waals surface area contributed by atoms with Gasteiger partial charge in [0, 0.05) is 26.2 Å². The molecule has 0 fully saturated rings. The molecule has 2 aromatic rings. The van der Waals surface area contributed by atoms with Gasteiger partial charge in [-0.25, -0.2) is 9.59 Å². The molecule has 0 saturated heterocycles. The van der Waals surface area contributed by atoms with Crippen molar-refractivity contribution in [2.75, 3.05) is 26.2 Å². The molecule has 14 nitrogen and oxygen atoms in total. The zero-order valence-electron chi connectivity index (χ0n) is 21.7. The van der Waals surface area contributed by atoms with Crippen LogP contribution in [0.4, 0.5) is 9.59 Å². The largest absolute Gasteiger partial charge is 0.350 e. The van der Waals surface area contributed by atoms with E-state index in [4.69, 9.17) is 0 Å². The fraction of sp³-hybridized carbons (Fsp3) is 0.308. The van der Waals surface area contributed by atoms with Crippen LogP contribution in [-0.2, 0) is 45.4 Å². The van der Waals surface area contributed by atoms with Crippen molar-refractivity contribution in [3.8, 4) is 0 Å². The Morgan fingerprint density at radius 1 is 0.300 bits per heavy atom. The number of nitrogens with one attached hydrogen (secondary N) is 8. The minimum Gasteiger partial charge on any atom is -0.350 e. The van der Waals surface area contributed by atoms with Gasteiger partial charge in [-0.3, -0.25) is 19.2 Å². The maximum atomic E-state index is 12.0. The van der Waals surface area contributed by atoms with Crippen molar-refractivity contribution >= 4 is 35.7 Å². The summed E-state index contributed by atoms with van der Waals surface area (Å²) in [6.07, 6.45) is 0. The summed E-state index contributed by atoms with van der Waals surface area (Å²) < 4.78 is 0. The molecule has 6 rings (SSSR count). The van der Waals surface area contributed by atoms with E-state index in [1.54, 1.807) is 48.5 Å². The van der Waals surface area contributed by atoms with E-state index in [-0.39, 0.29) is 52.4 Å². The quantitative estimate of drug-likeness (QED) is 0.195. The Balaban J connectivity index is 1.55. The summed E-state index contributed by atoms with van der Waals surface area (Å²) in [6, 6.07) is 12.9. The van der Waals surface area contributed by atoms with E-state index in [1.807, 2.05) is 0 Å². The van der Waals surface area contributed by atoms with Crippen LogP contribution in [0.15, 0.2) is 48.5 Å². The number of hydrogen-bond acceptors (Lipinski definition) is 6. The van der Waals surface area contributed by atoms with Crippen molar-refractivity contribution in [2.45, 2.75) is 26.2 Å². The number of hydrogen-bond donors (Lipinski definition) is 8. The molecule has 0 aromatic heterocycles. The first-order chi connectivity index (χ1) is 19.3. The van der Waals surface area contributed by atoms with Gasteiger partial charge in [-0.2, -0.15) is 0 Å². The van der Waals surface area contributed by atoms with Crippen molar-refractivity contribution in [3.05, 3.63) is 70.8 Å². The lowest BCUT2D eigenvalue weighted by Gasteiger charge is -2.11. The minimum atomic E-state index is -0.655. The standard InChI is InChI=1S/C26H32N8O6/c35-21-13-31-25(39)33-15-23(37)29-11-19-5-7-20(8-6-19)12-30-24(38)16-34-26(40)32-14-22(36)28-10-18-2-1-17(3-4-18)9-27-21/h1-8H,9-16H2,(H,27,35)(H,28,36)(H,29,37)(H,30,38)(H2,31,33,39)(H2,32,34,40). The molecule has 0 saturated carbocycles. The Morgan fingerprint density at radius 3 is 0.700 bits per heavy atom. The van der Waals surface area contributed by atoms with Gasteiger partial charge < -0.3 is 42.5 Å². The first-order valence-electron chi connectivity index (χ1n) is 12.5. The molecule has 4 aliphatic heterocycles. The number of amides is 8. The summed E-state index contributed by atoms with van der Waals surface area (Å²) in [4.78, 5) is 72.0. The Kier molecular flexibility index (Phi) is 11.3. The third-order valence-corrected chi connectivity index (χ3v) is 5.64. The molecule has 4 bridgehead atoms. The van der Waals surface area contributed by atoms with Crippen LogP contribution in [0.5, 0.6) is 0 Å². The van der Waals surface area contributed by atoms with Gasteiger partial charge in [0.2, 0.25) is 23.6 Å². The molecular weight excluding hydrogens is 520 g/mol. The third kappa shape index (κ3) is 11.1. The summed E-state index contributed by atoms with van der Waals surface area (Å²) in [7, 11) is 0. The fourth-order valence-corrected chi connectivity index (χ4v) is 3.37. The first-order valence-corrected chi connectivity index (χ1v) is 12.5. The van der Waals surface area contributed by atoms with E-state index in [2.05, 4.69) is 42.5 Å². The average Bonchev–Trinajstić information content (AvgIpc) is 2.97. The summed E-state index contributed by atoms with van der Waals surface area (Å²) in [5.41, 5.74) is 3.23. The lowest BCUT2D eigenvalue weighted by molar-refractivity contribution is -0.121. The molecule has 8 N–H and O–H groups in total. The Morgan fingerprint density at radius 2 is 0.500 bits per heavy atom. The Hall–Kier alpha value is -5.14. The van der Waals surface area contributed by atoms with Gasteiger partial charge in [0.1, 0.15) is 0 Å². The highest BCUT2D eigenvalue weighted by molar-refractivity contribution is 5.87. The zero-order chi connectivity index (χ0) is 28.7. The van der Waals surface area contributed by atoms with E-state index >= 15 is 0 Å². The molecule has 0 spiro atoms. The summed E-state index contributed by atoms with van der Waals surface area (Å²) >= 11 is 0. The maximum Gasteiger partial charge on any atom is 0.315 e. The van der Waals surface area contributed by atoms with Crippen LogP contribution in [0.25, 0.3) is 0 Å². The smallest absolute Gasteiger partial charge is 0.315 e. The van der Waals surface area contributed by atoms with Crippen molar-refractivity contribution in [1.29, 1.82) is 0 Å². The summed E-state index contributed by atoms with van der Waals surface area (Å²) in [6.45, 7) is -0.144. The van der Waals surface area contributed by atoms with Gasteiger partial charge in [0.15, 0.2) is 0 Å². The van der Waals surface area contributed by atoms with Gasteiger partial charge in [-0.05, 0) is 22.3 Å². The van der Waals surface area contributed by atoms with Crippen LogP contribution >= 0.6 is 0 Å². The number of urea groups is 2. The third-order valence-electron chi connectivity index (χ3n) is 5.64. The van der Waals surface area contributed by atoms with Crippen molar-refractivity contribution in [3.63, 3.8) is 0 Å². The lowest BCUT2D eigenvalue weighted by atomic mass is 10.1. The van der Waals surface area contributed by atoms with Gasteiger partial charge in [-0.15, -0.1) is 0 Å². The van der Waals surface area contributed by atoms with Gasteiger partial charge >= 0.3 is 12.1 Å². The molecule has 212 valence electrons. The molecule has 0 unspecified atom stereocenters. The zero-order valence-corrected chi connectivity index (χ0v) is 21.7. The van der Waals surface area contributed by atoms with Crippen LogP contribution in [0.3, 0.4) is 0 Å². The molecule has 0 radical (unpaired) electrons. The van der Waals surface area contributed by atoms with Crippen molar-refractivity contribution in [1.82, 2.24) is 42.5 Å². The number of benzene rings is 2. The predicted octanol–water partition coefficient (Wildman–Crippen LogP) is -1.54. The monoisotopic (exact) mass is 552 g/mol. The van der Waals surface area contributed by atoms with Crippen LogP contribution in [-0.4, -0.2) is 61.9 Å². The second kappa shape index (κ2) is 15.3. The number of carbonyl (C=O) groups excluding carboxylic acids is 6. The predicted molar refractivity (Wildman–Crippen MR) is 143 cm³/mol. The first kappa shape index (κ1) is 29.4. The molecule has 4 aliphatic rings. The highest BCUT2D eigenvalue weighted by Crippen LogP contribution is 2.05. The Labute approximate surface area is 230 Å². The summed E-state index contributed by atoms with van der Waals surface area (Å²) in [5, 5.41) is 20.3. The van der Waals surface area contributed by atoms with E-state index in [0.717, 1.165) is 22.3 Å². The molecule has 8 amide bonds. The van der Waals surface area contributed by atoms with Gasteiger partial charge in [-0.1, -0.05) is 48.5 Å². The average molecular weight is 553 g/mol. The number of rotatable bonds is 0. The molecule has 4 heterocycles. The fourth-order valence-electron chi connectivity index (χ4n) is 3.37. The highest BCUT2D eigenvalue weighted by atomic mass is 16.2. The van der Waals surface area contributed by atoms with Gasteiger partial charge in [0.25, 0.3) is 0 Å². The van der Waals surface area contributed by atoms with Crippen LogP contribution < -0.4 is 42.5 Å². The minimum absolute atomic E-state index is 0.231. The van der Waals surface area contributed by atoms with Crippen LogP contribution in [0.2, 0.25) is 0 Å². The van der Waals surface area contributed by atoms with Crippen LogP contribution in [0, 0.1) is 0 Å². The van der Waals surface area contributed by atoms with E-state index in [9.17, 15) is 28.8 Å². The van der Waals surface area contributed by atoms with Crippen molar-refractivity contribution < 1.29 is 28.8 Å². The second-order valence-corrected chi connectivity index (χ2v) is 8.81. The second-order valence-electron chi connectivity index (χ2n) is 8.81. The highest BCUT2D eigenvalue weighted by Gasteiger charge is 2.10. The Bertz CT molecular complexity index is 1030. The van der Waals surface area contributed by atoms with Gasteiger partial charge in [0.05, 0.1) is 26.2 Å². The molecular formula is C26H32N8O6. The molecule has 14 heteroatoms.